The van der Waals surface area contributed by atoms with Crippen LogP contribution in [0.15, 0.2) is 42.5 Å². The van der Waals surface area contributed by atoms with Crippen molar-refractivity contribution in [3.05, 3.63) is 69.3 Å². The summed E-state index contributed by atoms with van der Waals surface area (Å²) in [5.41, 5.74) is 1.61. The summed E-state index contributed by atoms with van der Waals surface area (Å²) in [7, 11) is 4.06. The average Bonchev–Trinajstić information content (AvgIpc) is 3.35. The molecule has 0 saturated heterocycles. The summed E-state index contributed by atoms with van der Waals surface area (Å²) in [6.45, 7) is 3.45. The molecule has 0 unspecified atom stereocenters. The van der Waals surface area contributed by atoms with Crippen molar-refractivity contribution in [2.75, 3.05) is 37.4 Å². The van der Waals surface area contributed by atoms with E-state index >= 15 is 0 Å². The number of benzene rings is 2. The van der Waals surface area contributed by atoms with Crippen LogP contribution in [0, 0.1) is 0 Å². The molecule has 2 aromatic carbocycles. The zero-order valence-corrected chi connectivity index (χ0v) is 22.0. The lowest BCUT2D eigenvalue weighted by atomic mass is 9.73. The molecule has 2 amide bonds. The smallest absolute Gasteiger partial charge is 0.244 e. The monoisotopic (exact) mass is 526 g/mol. The lowest BCUT2D eigenvalue weighted by molar-refractivity contribution is -0.126. The zero-order valence-electron chi connectivity index (χ0n) is 20.5. The Bertz CT molecular complexity index is 1320. The standard InChI is InChI=1S/C26H28Cl2N6O2/c1-16(17-6-8-18(27)9-7-17)34-24-23(30-31-34)26(15-22(35)29-24)20-14-19(28)10-11-21(20)33(25(26)36)13-5-4-12-32(2)3/h6-11,14,16H,4-5,12-13,15H2,1-3H3,(H,29,35)/t16-,26+/m0/s1. The minimum atomic E-state index is -1.27. The molecule has 10 heteroatoms. The Hall–Kier alpha value is -2.94. The van der Waals surface area contributed by atoms with Gasteiger partial charge in [-0.25, -0.2) is 4.68 Å². The van der Waals surface area contributed by atoms with Crippen LogP contribution in [-0.4, -0.2) is 58.9 Å². The van der Waals surface area contributed by atoms with E-state index in [-0.39, 0.29) is 24.3 Å². The van der Waals surface area contributed by atoms with E-state index < -0.39 is 5.41 Å². The van der Waals surface area contributed by atoms with E-state index in [9.17, 15) is 9.59 Å². The third-order valence-electron chi connectivity index (χ3n) is 7.06. The Morgan fingerprint density at radius 1 is 1.08 bits per heavy atom. The Kier molecular flexibility index (Phi) is 6.53. The highest BCUT2D eigenvalue weighted by Gasteiger charge is 2.58. The van der Waals surface area contributed by atoms with Crippen LogP contribution in [0.3, 0.4) is 0 Å². The molecule has 1 aromatic heterocycles. The third kappa shape index (κ3) is 4.07. The number of hydrogen-bond donors (Lipinski definition) is 1. The second kappa shape index (κ2) is 9.50. The summed E-state index contributed by atoms with van der Waals surface area (Å²) in [6, 6.07) is 12.6. The molecular formula is C26H28Cl2N6O2. The summed E-state index contributed by atoms with van der Waals surface area (Å²) >= 11 is 12.5. The summed E-state index contributed by atoms with van der Waals surface area (Å²) in [6.07, 6.45) is 1.74. The van der Waals surface area contributed by atoms with Crippen LogP contribution in [0.25, 0.3) is 0 Å². The molecule has 2 aliphatic rings. The normalized spacial score (nSPS) is 19.6. The number of nitrogens with one attached hydrogen (secondary N) is 1. The van der Waals surface area contributed by atoms with Crippen molar-refractivity contribution in [3.63, 3.8) is 0 Å². The van der Waals surface area contributed by atoms with E-state index in [1.807, 2.05) is 51.4 Å². The van der Waals surface area contributed by atoms with Crippen molar-refractivity contribution in [1.29, 1.82) is 0 Å². The van der Waals surface area contributed by atoms with Crippen molar-refractivity contribution in [3.8, 4) is 0 Å². The number of amides is 2. The summed E-state index contributed by atoms with van der Waals surface area (Å²) in [4.78, 5) is 31.2. The van der Waals surface area contributed by atoms with Crippen LogP contribution in [0.5, 0.6) is 0 Å². The first-order chi connectivity index (χ1) is 17.2. The molecule has 1 N–H and O–H groups in total. The van der Waals surface area contributed by atoms with Crippen LogP contribution >= 0.6 is 23.2 Å². The van der Waals surface area contributed by atoms with Crippen molar-refractivity contribution in [2.24, 2.45) is 0 Å². The molecule has 3 aromatic rings. The van der Waals surface area contributed by atoms with Gasteiger partial charge in [-0.15, -0.1) is 5.10 Å². The Balaban J connectivity index is 1.58. The quantitative estimate of drug-likeness (QED) is 0.458. The minimum absolute atomic E-state index is 0.0472. The van der Waals surface area contributed by atoms with Gasteiger partial charge >= 0.3 is 0 Å². The molecule has 188 valence electrons. The van der Waals surface area contributed by atoms with Crippen LogP contribution in [0.2, 0.25) is 10.0 Å². The molecule has 0 fully saturated rings. The van der Waals surface area contributed by atoms with E-state index in [0.29, 0.717) is 33.7 Å². The molecule has 2 atom stereocenters. The SMILES string of the molecule is C[C@@H](c1ccc(Cl)cc1)n1nnc2c1NC(=O)C[C@]21C(=O)N(CCCCN(C)C)c2ccc(Cl)cc21. The van der Waals surface area contributed by atoms with Crippen LogP contribution in [0.1, 0.15) is 49.0 Å². The van der Waals surface area contributed by atoms with Gasteiger partial charge in [-0.2, -0.15) is 0 Å². The minimum Gasteiger partial charge on any atom is -0.311 e. The van der Waals surface area contributed by atoms with E-state index in [0.717, 1.165) is 30.6 Å². The molecule has 0 aliphatic carbocycles. The van der Waals surface area contributed by atoms with Gasteiger partial charge in [0.25, 0.3) is 0 Å². The topological polar surface area (TPSA) is 83.4 Å². The molecule has 0 radical (unpaired) electrons. The first-order valence-corrected chi connectivity index (χ1v) is 12.8. The zero-order chi connectivity index (χ0) is 25.6. The first kappa shape index (κ1) is 24.7. The van der Waals surface area contributed by atoms with Crippen molar-refractivity contribution in [1.82, 2.24) is 19.9 Å². The number of aromatic nitrogens is 3. The Morgan fingerprint density at radius 2 is 1.81 bits per heavy atom. The van der Waals surface area contributed by atoms with Gasteiger partial charge in [0.05, 0.1) is 12.5 Å². The van der Waals surface area contributed by atoms with Gasteiger partial charge < -0.3 is 15.1 Å². The molecule has 2 aliphatic heterocycles. The molecule has 5 rings (SSSR count). The van der Waals surface area contributed by atoms with E-state index in [4.69, 9.17) is 23.2 Å². The van der Waals surface area contributed by atoms with Crippen LogP contribution in [-0.2, 0) is 15.0 Å². The lowest BCUT2D eigenvalue weighted by Gasteiger charge is -2.31. The fourth-order valence-electron chi connectivity index (χ4n) is 5.21. The van der Waals surface area contributed by atoms with Crippen LogP contribution < -0.4 is 10.2 Å². The fourth-order valence-corrected chi connectivity index (χ4v) is 5.51. The predicted octanol–water partition coefficient (Wildman–Crippen LogP) is 4.51. The average molecular weight is 527 g/mol. The van der Waals surface area contributed by atoms with Gasteiger partial charge in [-0.05, 0) is 81.9 Å². The number of unbranched alkanes of at least 4 members (excludes halogenated alkanes) is 1. The largest absolute Gasteiger partial charge is 0.311 e. The summed E-state index contributed by atoms with van der Waals surface area (Å²) in [5, 5.41) is 13.0. The summed E-state index contributed by atoms with van der Waals surface area (Å²) in [5.74, 6) is 0.0115. The van der Waals surface area contributed by atoms with Gasteiger partial charge in [0.15, 0.2) is 5.82 Å². The van der Waals surface area contributed by atoms with Crippen molar-refractivity contribution >= 4 is 46.5 Å². The number of nitrogens with zero attached hydrogens (tertiary/aromatic N) is 5. The van der Waals surface area contributed by atoms with Crippen LogP contribution in [0.4, 0.5) is 11.5 Å². The Labute approximate surface area is 220 Å². The maximum absolute atomic E-state index is 14.2. The van der Waals surface area contributed by atoms with E-state index in [1.54, 1.807) is 21.7 Å². The molecule has 0 saturated carbocycles. The van der Waals surface area contributed by atoms with Gasteiger partial charge in [0, 0.05) is 22.3 Å². The van der Waals surface area contributed by atoms with Gasteiger partial charge in [0.1, 0.15) is 11.1 Å². The number of anilines is 2. The van der Waals surface area contributed by atoms with Gasteiger partial charge in [-0.3, -0.25) is 9.59 Å². The van der Waals surface area contributed by atoms with Gasteiger partial charge in [0.2, 0.25) is 11.8 Å². The number of carbonyl (C=O) groups excluding carboxylic acids is 2. The maximum atomic E-state index is 14.2. The molecule has 8 nitrogen and oxygen atoms in total. The molecule has 3 heterocycles. The maximum Gasteiger partial charge on any atom is 0.244 e. The second-order valence-corrected chi connectivity index (χ2v) is 10.6. The van der Waals surface area contributed by atoms with E-state index in [1.165, 1.54) is 0 Å². The number of rotatable bonds is 7. The van der Waals surface area contributed by atoms with Gasteiger partial charge in [-0.1, -0.05) is 40.5 Å². The number of carbonyl (C=O) groups is 2. The first-order valence-electron chi connectivity index (χ1n) is 12.0. The van der Waals surface area contributed by atoms with Crippen molar-refractivity contribution < 1.29 is 9.59 Å². The molecule has 0 bridgehead atoms. The third-order valence-corrected chi connectivity index (χ3v) is 7.55. The lowest BCUT2D eigenvalue weighted by Crippen LogP contribution is -2.47. The molecular weight excluding hydrogens is 499 g/mol. The highest BCUT2D eigenvalue weighted by atomic mass is 35.5. The Morgan fingerprint density at radius 3 is 2.53 bits per heavy atom. The summed E-state index contributed by atoms with van der Waals surface area (Å²) < 4.78 is 1.66. The second-order valence-electron chi connectivity index (χ2n) is 9.72. The molecule has 36 heavy (non-hydrogen) atoms. The number of hydrogen-bond acceptors (Lipinski definition) is 5. The van der Waals surface area contributed by atoms with E-state index in [2.05, 4.69) is 20.5 Å². The fraction of sp³-hybridized carbons (Fsp3) is 0.385. The van der Waals surface area contributed by atoms with Crippen molar-refractivity contribution in [2.45, 2.75) is 37.6 Å². The highest BCUT2D eigenvalue weighted by Crippen LogP contribution is 2.52. The number of halogens is 2. The molecule has 1 spiro atoms. The number of fused-ring (bicyclic) bond motifs is 4. The predicted molar refractivity (Wildman–Crippen MR) is 141 cm³/mol. The highest BCUT2D eigenvalue weighted by molar-refractivity contribution is 6.31.